The Morgan fingerprint density at radius 2 is 1.13 bits per heavy atom. The number of hydrogen-bond donors (Lipinski definition) is 1. The SMILES string of the molecule is CCCCCCCC/C=C\CCCCCCCCCCCC(=O)NC1CCCCC1. The molecular weight excluding hydrogens is 366 g/mol. The van der Waals surface area contributed by atoms with Crippen LogP contribution in [0.5, 0.6) is 0 Å². The number of unbranched alkanes of at least 4 members (excludes halogenated alkanes) is 15. The van der Waals surface area contributed by atoms with E-state index in [9.17, 15) is 4.79 Å². The number of carbonyl (C=O) groups is 1. The molecule has 30 heavy (non-hydrogen) atoms. The van der Waals surface area contributed by atoms with E-state index in [1.165, 1.54) is 135 Å². The fourth-order valence-corrected chi connectivity index (χ4v) is 4.61. The van der Waals surface area contributed by atoms with Crippen molar-refractivity contribution in [3.8, 4) is 0 Å². The van der Waals surface area contributed by atoms with E-state index in [2.05, 4.69) is 24.4 Å². The molecule has 0 heterocycles. The van der Waals surface area contributed by atoms with Gasteiger partial charge in [-0.3, -0.25) is 4.79 Å². The smallest absolute Gasteiger partial charge is 0.220 e. The Hall–Kier alpha value is -0.790. The van der Waals surface area contributed by atoms with E-state index < -0.39 is 0 Å². The first-order valence-electron chi connectivity index (χ1n) is 13.8. The molecule has 0 aromatic heterocycles. The molecule has 1 saturated carbocycles. The maximum absolute atomic E-state index is 12.0. The molecule has 176 valence electrons. The van der Waals surface area contributed by atoms with Gasteiger partial charge in [-0.1, -0.05) is 115 Å². The van der Waals surface area contributed by atoms with Crippen LogP contribution >= 0.6 is 0 Å². The molecule has 0 aromatic rings. The fraction of sp³-hybridized carbons (Fsp3) is 0.893. The lowest BCUT2D eigenvalue weighted by atomic mass is 9.95. The maximum Gasteiger partial charge on any atom is 0.220 e. The molecule has 2 nitrogen and oxygen atoms in total. The average molecular weight is 420 g/mol. The number of hydrogen-bond acceptors (Lipinski definition) is 1. The van der Waals surface area contributed by atoms with E-state index in [0.717, 1.165) is 12.8 Å². The standard InChI is InChI=1S/C28H53NO/c1-2-3-4-5-6-7-8-9-10-11-12-13-14-15-16-17-18-19-23-26-28(30)29-27-24-21-20-22-25-27/h9-10,27H,2-8,11-26H2,1H3,(H,29,30)/b10-9-. The average Bonchev–Trinajstić information content (AvgIpc) is 2.76. The molecule has 1 N–H and O–H groups in total. The summed E-state index contributed by atoms with van der Waals surface area (Å²) >= 11 is 0. The van der Waals surface area contributed by atoms with Gasteiger partial charge in [0.25, 0.3) is 0 Å². The van der Waals surface area contributed by atoms with E-state index in [1.807, 2.05) is 0 Å². The maximum atomic E-state index is 12.0. The van der Waals surface area contributed by atoms with Crippen LogP contribution in [0.4, 0.5) is 0 Å². The van der Waals surface area contributed by atoms with Crippen LogP contribution in [0.15, 0.2) is 12.2 Å². The van der Waals surface area contributed by atoms with Crippen molar-refractivity contribution < 1.29 is 4.79 Å². The lowest BCUT2D eigenvalue weighted by molar-refractivity contribution is -0.122. The van der Waals surface area contributed by atoms with Gasteiger partial charge < -0.3 is 5.32 Å². The highest BCUT2D eigenvalue weighted by Gasteiger charge is 2.14. The summed E-state index contributed by atoms with van der Waals surface area (Å²) in [6.45, 7) is 2.28. The summed E-state index contributed by atoms with van der Waals surface area (Å²) in [7, 11) is 0. The minimum absolute atomic E-state index is 0.294. The first-order chi connectivity index (χ1) is 14.8. The predicted molar refractivity (Wildman–Crippen MR) is 133 cm³/mol. The fourth-order valence-electron chi connectivity index (χ4n) is 4.61. The van der Waals surface area contributed by atoms with Crippen molar-refractivity contribution >= 4 is 5.91 Å². The van der Waals surface area contributed by atoms with Gasteiger partial charge in [0.15, 0.2) is 0 Å². The van der Waals surface area contributed by atoms with Gasteiger partial charge in [0.1, 0.15) is 0 Å². The van der Waals surface area contributed by atoms with Gasteiger partial charge in [0.05, 0.1) is 0 Å². The third kappa shape index (κ3) is 18.0. The van der Waals surface area contributed by atoms with Crippen LogP contribution in [0.3, 0.4) is 0 Å². The lowest BCUT2D eigenvalue weighted by Crippen LogP contribution is -2.35. The second-order valence-corrected chi connectivity index (χ2v) is 9.65. The summed E-state index contributed by atoms with van der Waals surface area (Å²) in [6.07, 6.45) is 34.7. The Kier molecular flexibility index (Phi) is 19.5. The zero-order valence-electron chi connectivity index (χ0n) is 20.4. The Balaban J connectivity index is 1.73. The Bertz CT molecular complexity index is 397. The summed E-state index contributed by atoms with van der Waals surface area (Å²) in [5, 5.41) is 3.23. The van der Waals surface area contributed by atoms with Gasteiger partial charge in [0, 0.05) is 12.5 Å². The van der Waals surface area contributed by atoms with Gasteiger partial charge in [-0.05, 0) is 44.9 Å². The van der Waals surface area contributed by atoms with E-state index >= 15 is 0 Å². The van der Waals surface area contributed by atoms with Crippen LogP contribution in [0, 0.1) is 0 Å². The van der Waals surface area contributed by atoms with Crippen LogP contribution in [0.2, 0.25) is 0 Å². The van der Waals surface area contributed by atoms with Crippen LogP contribution < -0.4 is 5.32 Å². The Morgan fingerprint density at radius 1 is 0.667 bits per heavy atom. The van der Waals surface area contributed by atoms with Gasteiger partial charge in [-0.2, -0.15) is 0 Å². The van der Waals surface area contributed by atoms with E-state index in [0.29, 0.717) is 11.9 Å². The summed E-state index contributed by atoms with van der Waals surface area (Å²) in [5.41, 5.74) is 0. The van der Waals surface area contributed by atoms with Crippen molar-refractivity contribution in [2.75, 3.05) is 0 Å². The minimum Gasteiger partial charge on any atom is -0.353 e. The second-order valence-electron chi connectivity index (χ2n) is 9.65. The molecule has 0 aromatic carbocycles. The van der Waals surface area contributed by atoms with Crippen molar-refractivity contribution in [3.63, 3.8) is 0 Å². The quantitative estimate of drug-likeness (QED) is 0.155. The molecule has 2 heteroatoms. The third-order valence-corrected chi connectivity index (χ3v) is 6.64. The van der Waals surface area contributed by atoms with E-state index in [4.69, 9.17) is 0 Å². The highest BCUT2D eigenvalue weighted by Crippen LogP contribution is 2.18. The summed E-state index contributed by atoms with van der Waals surface area (Å²) in [5.74, 6) is 0.294. The van der Waals surface area contributed by atoms with Crippen molar-refractivity contribution in [1.82, 2.24) is 5.32 Å². The number of allylic oxidation sites excluding steroid dienone is 2. The first kappa shape index (κ1) is 27.2. The molecule has 1 fully saturated rings. The monoisotopic (exact) mass is 419 g/mol. The molecule has 0 saturated heterocycles. The molecular formula is C28H53NO. The van der Waals surface area contributed by atoms with Gasteiger partial charge in [0.2, 0.25) is 5.91 Å². The number of rotatable bonds is 20. The summed E-state index contributed by atoms with van der Waals surface area (Å²) < 4.78 is 0. The Morgan fingerprint density at radius 3 is 1.67 bits per heavy atom. The van der Waals surface area contributed by atoms with Crippen molar-refractivity contribution in [2.24, 2.45) is 0 Å². The van der Waals surface area contributed by atoms with Gasteiger partial charge in [-0.15, -0.1) is 0 Å². The topological polar surface area (TPSA) is 29.1 Å². The number of carbonyl (C=O) groups excluding carboxylic acids is 1. The highest BCUT2D eigenvalue weighted by atomic mass is 16.1. The number of nitrogens with one attached hydrogen (secondary N) is 1. The van der Waals surface area contributed by atoms with Crippen molar-refractivity contribution in [2.45, 2.75) is 161 Å². The first-order valence-corrected chi connectivity index (χ1v) is 13.8. The summed E-state index contributed by atoms with van der Waals surface area (Å²) in [6, 6.07) is 0.474. The largest absolute Gasteiger partial charge is 0.353 e. The molecule has 0 aliphatic heterocycles. The predicted octanol–water partition coefficient (Wildman–Crippen LogP) is 9.03. The molecule has 1 amide bonds. The zero-order chi connectivity index (χ0) is 21.5. The Labute approximate surface area is 189 Å². The van der Waals surface area contributed by atoms with Crippen LogP contribution in [0.25, 0.3) is 0 Å². The highest BCUT2D eigenvalue weighted by molar-refractivity contribution is 5.76. The van der Waals surface area contributed by atoms with Crippen LogP contribution in [-0.2, 0) is 4.79 Å². The summed E-state index contributed by atoms with van der Waals surface area (Å²) in [4.78, 5) is 12.0. The van der Waals surface area contributed by atoms with Crippen molar-refractivity contribution in [1.29, 1.82) is 0 Å². The molecule has 0 atom stereocenters. The molecule has 0 spiro atoms. The lowest BCUT2D eigenvalue weighted by Gasteiger charge is -2.22. The molecule has 1 aliphatic rings. The van der Waals surface area contributed by atoms with Gasteiger partial charge in [-0.25, -0.2) is 0 Å². The molecule has 1 aliphatic carbocycles. The molecule has 0 bridgehead atoms. The second kappa shape index (κ2) is 21.4. The normalized spacial score (nSPS) is 15.1. The van der Waals surface area contributed by atoms with Crippen molar-refractivity contribution in [3.05, 3.63) is 12.2 Å². The van der Waals surface area contributed by atoms with Crippen LogP contribution in [0.1, 0.15) is 155 Å². The number of amides is 1. The third-order valence-electron chi connectivity index (χ3n) is 6.64. The van der Waals surface area contributed by atoms with E-state index in [1.54, 1.807) is 0 Å². The molecule has 0 radical (unpaired) electrons. The van der Waals surface area contributed by atoms with Crippen LogP contribution in [-0.4, -0.2) is 11.9 Å². The molecule has 0 unspecified atom stereocenters. The van der Waals surface area contributed by atoms with E-state index in [-0.39, 0.29) is 0 Å². The minimum atomic E-state index is 0.294. The molecule has 1 rings (SSSR count). The van der Waals surface area contributed by atoms with Gasteiger partial charge >= 0.3 is 0 Å². The zero-order valence-corrected chi connectivity index (χ0v) is 20.4.